The van der Waals surface area contributed by atoms with Crippen molar-refractivity contribution in [3.8, 4) is 11.4 Å². The molecule has 90 valence electrons. The number of aromatic nitrogens is 2. The van der Waals surface area contributed by atoms with Crippen LogP contribution in [0.15, 0.2) is 33.3 Å². The first kappa shape index (κ1) is 12.2. The first-order valence-electron chi connectivity index (χ1n) is 5.17. The number of hydrogen-bond donors (Lipinski definition) is 2. The Morgan fingerprint density at radius 2 is 2.18 bits per heavy atom. The van der Waals surface area contributed by atoms with Crippen LogP contribution >= 0.6 is 15.9 Å². The fourth-order valence-electron chi connectivity index (χ4n) is 1.40. The molecule has 0 bridgehead atoms. The van der Waals surface area contributed by atoms with Gasteiger partial charge in [-0.05, 0) is 18.6 Å². The Kier molecular flexibility index (Phi) is 3.88. The number of benzene rings is 1. The largest absolute Gasteiger partial charge is 0.396 e. The average molecular weight is 298 g/mol. The SMILES string of the molecule is NC(CCO)c1nc(-c2ccccc2Br)no1. The number of hydrogen-bond acceptors (Lipinski definition) is 5. The van der Waals surface area contributed by atoms with E-state index >= 15 is 0 Å². The molecule has 1 aromatic heterocycles. The third-order valence-corrected chi connectivity index (χ3v) is 3.01. The molecule has 0 spiro atoms. The number of halogens is 1. The van der Waals surface area contributed by atoms with E-state index in [1.165, 1.54) is 0 Å². The van der Waals surface area contributed by atoms with Crippen molar-refractivity contribution in [2.45, 2.75) is 12.5 Å². The average Bonchev–Trinajstić information content (AvgIpc) is 2.79. The molecule has 0 aliphatic carbocycles. The minimum atomic E-state index is -0.427. The van der Waals surface area contributed by atoms with Crippen LogP contribution in [0.1, 0.15) is 18.4 Å². The normalized spacial score (nSPS) is 12.6. The summed E-state index contributed by atoms with van der Waals surface area (Å²) in [6, 6.07) is 7.16. The zero-order valence-corrected chi connectivity index (χ0v) is 10.6. The third kappa shape index (κ3) is 2.71. The maximum atomic E-state index is 8.79. The molecule has 6 heteroatoms. The van der Waals surface area contributed by atoms with E-state index in [2.05, 4.69) is 26.1 Å². The molecule has 17 heavy (non-hydrogen) atoms. The quantitative estimate of drug-likeness (QED) is 0.900. The Hall–Kier alpha value is -1.24. The van der Waals surface area contributed by atoms with E-state index in [4.69, 9.17) is 15.4 Å². The molecule has 0 aliphatic rings. The van der Waals surface area contributed by atoms with Crippen molar-refractivity contribution in [2.75, 3.05) is 6.61 Å². The lowest BCUT2D eigenvalue weighted by Gasteiger charge is -2.01. The van der Waals surface area contributed by atoms with Gasteiger partial charge in [-0.3, -0.25) is 0 Å². The Balaban J connectivity index is 2.27. The zero-order valence-electron chi connectivity index (χ0n) is 9.01. The van der Waals surface area contributed by atoms with Gasteiger partial charge in [0.05, 0.1) is 6.04 Å². The first-order chi connectivity index (χ1) is 8.22. The van der Waals surface area contributed by atoms with Crippen molar-refractivity contribution in [1.29, 1.82) is 0 Å². The summed E-state index contributed by atoms with van der Waals surface area (Å²) in [5.41, 5.74) is 6.61. The van der Waals surface area contributed by atoms with E-state index in [1.54, 1.807) is 0 Å². The minimum absolute atomic E-state index is 0.00604. The summed E-state index contributed by atoms with van der Waals surface area (Å²) in [6.07, 6.45) is 0.400. The summed E-state index contributed by atoms with van der Waals surface area (Å²) in [4.78, 5) is 4.22. The zero-order chi connectivity index (χ0) is 12.3. The molecule has 1 unspecified atom stereocenters. The minimum Gasteiger partial charge on any atom is -0.396 e. The van der Waals surface area contributed by atoms with E-state index in [0.717, 1.165) is 10.0 Å². The molecule has 0 amide bonds. The molecule has 1 aromatic carbocycles. The van der Waals surface area contributed by atoms with E-state index < -0.39 is 6.04 Å². The van der Waals surface area contributed by atoms with Gasteiger partial charge in [-0.25, -0.2) is 0 Å². The molecule has 3 N–H and O–H groups in total. The summed E-state index contributed by atoms with van der Waals surface area (Å²) in [6.45, 7) is -0.00604. The van der Waals surface area contributed by atoms with E-state index in [9.17, 15) is 0 Å². The van der Waals surface area contributed by atoms with Gasteiger partial charge in [-0.15, -0.1) is 0 Å². The van der Waals surface area contributed by atoms with Gasteiger partial charge >= 0.3 is 0 Å². The molecule has 1 atom stereocenters. The van der Waals surface area contributed by atoms with Gasteiger partial charge in [0, 0.05) is 16.6 Å². The monoisotopic (exact) mass is 297 g/mol. The second-order valence-corrected chi connectivity index (χ2v) is 4.41. The highest BCUT2D eigenvalue weighted by Gasteiger charge is 2.16. The van der Waals surface area contributed by atoms with Crippen LogP contribution < -0.4 is 5.73 Å². The van der Waals surface area contributed by atoms with Gasteiger partial charge in [-0.1, -0.05) is 33.2 Å². The Morgan fingerprint density at radius 3 is 2.88 bits per heavy atom. The number of nitrogens with zero attached hydrogens (tertiary/aromatic N) is 2. The van der Waals surface area contributed by atoms with Gasteiger partial charge in [-0.2, -0.15) is 4.98 Å². The topological polar surface area (TPSA) is 85.2 Å². The summed E-state index contributed by atoms with van der Waals surface area (Å²) in [5, 5.41) is 12.7. The fraction of sp³-hybridized carbons (Fsp3) is 0.273. The molecule has 2 rings (SSSR count). The summed E-state index contributed by atoms with van der Waals surface area (Å²) < 4.78 is 5.96. The van der Waals surface area contributed by atoms with Gasteiger partial charge in [0.15, 0.2) is 0 Å². The van der Waals surface area contributed by atoms with Gasteiger partial charge < -0.3 is 15.4 Å². The molecular weight excluding hydrogens is 286 g/mol. The van der Waals surface area contributed by atoms with Crippen LogP contribution in [0.2, 0.25) is 0 Å². The summed E-state index contributed by atoms with van der Waals surface area (Å²) in [7, 11) is 0. The lowest BCUT2D eigenvalue weighted by molar-refractivity contribution is 0.259. The Morgan fingerprint density at radius 1 is 1.41 bits per heavy atom. The van der Waals surface area contributed by atoms with E-state index in [0.29, 0.717) is 18.1 Å². The molecule has 0 fully saturated rings. The highest BCUT2D eigenvalue weighted by atomic mass is 79.9. The molecular formula is C11H12BrN3O2. The number of aliphatic hydroxyl groups excluding tert-OH is 1. The van der Waals surface area contributed by atoms with Crippen LogP contribution in [-0.4, -0.2) is 21.9 Å². The summed E-state index contributed by atoms with van der Waals surface area (Å²) >= 11 is 3.42. The number of nitrogens with two attached hydrogens (primary N) is 1. The van der Waals surface area contributed by atoms with Gasteiger partial charge in [0.2, 0.25) is 11.7 Å². The molecule has 0 aliphatic heterocycles. The Labute approximate surface area is 107 Å². The molecule has 2 aromatic rings. The highest BCUT2D eigenvalue weighted by Crippen LogP contribution is 2.26. The number of aliphatic hydroxyl groups is 1. The van der Waals surface area contributed by atoms with Crippen molar-refractivity contribution >= 4 is 15.9 Å². The van der Waals surface area contributed by atoms with Crippen molar-refractivity contribution in [2.24, 2.45) is 5.73 Å². The standard InChI is InChI=1S/C11H12BrN3O2/c12-8-4-2-1-3-7(8)10-14-11(17-15-10)9(13)5-6-16/h1-4,9,16H,5-6,13H2. The second-order valence-electron chi connectivity index (χ2n) is 3.55. The van der Waals surface area contributed by atoms with Crippen LogP contribution in [0.25, 0.3) is 11.4 Å². The molecule has 5 nitrogen and oxygen atoms in total. The Bertz CT molecular complexity index is 501. The van der Waals surface area contributed by atoms with Crippen LogP contribution in [-0.2, 0) is 0 Å². The predicted molar refractivity (Wildman–Crippen MR) is 66.1 cm³/mol. The second kappa shape index (κ2) is 5.39. The van der Waals surface area contributed by atoms with Crippen LogP contribution in [0.5, 0.6) is 0 Å². The molecule has 0 saturated carbocycles. The maximum Gasteiger partial charge on any atom is 0.243 e. The van der Waals surface area contributed by atoms with Crippen molar-refractivity contribution in [3.63, 3.8) is 0 Å². The molecule has 0 radical (unpaired) electrons. The van der Waals surface area contributed by atoms with Crippen LogP contribution in [0, 0.1) is 0 Å². The van der Waals surface area contributed by atoms with Gasteiger partial charge in [0.1, 0.15) is 0 Å². The van der Waals surface area contributed by atoms with E-state index in [1.807, 2.05) is 24.3 Å². The summed E-state index contributed by atoms with van der Waals surface area (Å²) in [5.74, 6) is 0.825. The lowest BCUT2D eigenvalue weighted by Crippen LogP contribution is -2.12. The predicted octanol–water partition coefficient (Wildman–Crippen LogP) is 1.88. The third-order valence-electron chi connectivity index (χ3n) is 2.31. The molecule has 1 heterocycles. The maximum absolute atomic E-state index is 8.79. The van der Waals surface area contributed by atoms with Crippen LogP contribution in [0.3, 0.4) is 0 Å². The van der Waals surface area contributed by atoms with Crippen molar-refractivity contribution in [3.05, 3.63) is 34.6 Å². The number of rotatable bonds is 4. The van der Waals surface area contributed by atoms with Crippen LogP contribution in [0.4, 0.5) is 0 Å². The fourth-order valence-corrected chi connectivity index (χ4v) is 1.86. The molecule has 0 saturated heterocycles. The van der Waals surface area contributed by atoms with Crippen molar-refractivity contribution in [1.82, 2.24) is 10.1 Å². The van der Waals surface area contributed by atoms with Gasteiger partial charge in [0.25, 0.3) is 0 Å². The van der Waals surface area contributed by atoms with Crippen molar-refractivity contribution < 1.29 is 9.63 Å². The van der Waals surface area contributed by atoms with E-state index in [-0.39, 0.29) is 6.61 Å². The first-order valence-corrected chi connectivity index (χ1v) is 5.96. The highest BCUT2D eigenvalue weighted by molar-refractivity contribution is 9.10. The lowest BCUT2D eigenvalue weighted by atomic mass is 10.2. The smallest absolute Gasteiger partial charge is 0.243 e.